The maximum Gasteiger partial charge on any atom is 0.195 e. The summed E-state index contributed by atoms with van der Waals surface area (Å²) < 4.78 is 5.49. The molecule has 0 aliphatic carbocycles. The third kappa shape index (κ3) is 1.96. The fraction of sp³-hybridized carbons (Fsp3) is 0.167. The van der Waals surface area contributed by atoms with E-state index in [0.29, 0.717) is 11.5 Å². The minimum absolute atomic E-state index is 0.617. The molecule has 0 radical (unpaired) electrons. The average Bonchev–Trinajstić information content (AvgIpc) is 2.67. The molecule has 0 aliphatic heterocycles. The quantitative estimate of drug-likeness (QED) is 0.564. The van der Waals surface area contributed by atoms with E-state index in [1.807, 2.05) is 6.08 Å². The predicted octanol–water partition coefficient (Wildman–Crippen LogP) is 2.76. The van der Waals surface area contributed by atoms with Crippen LogP contribution in [0.5, 0.6) is 0 Å². The van der Waals surface area contributed by atoms with Gasteiger partial charge in [-0.2, -0.15) is 0 Å². The Morgan fingerprint density at radius 1 is 1.47 bits per heavy atom. The van der Waals surface area contributed by atoms with Gasteiger partial charge in [-0.05, 0) is 24.6 Å². The largest absolute Gasteiger partial charge is 0.441 e. The van der Waals surface area contributed by atoms with Crippen LogP contribution in [-0.2, 0) is 6.42 Å². The molecule has 2 aromatic rings. The van der Waals surface area contributed by atoms with Crippen molar-refractivity contribution in [1.82, 2.24) is 4.98 Å². The molecule has 0 aliphatic rings. The third-order valence-corrected chi connectivity index (χ3v) is 2.15. The second kappa shape index (κ2) is 4.09. The first-order valence-corrected chi connectivity index (χ1v) is 4.79. The summed E-state index contributed by atoms with van der Waals surface area (Å²) in [5, 5.41) is 0. The van der Waals surface area contributed by atoms with Crippen LogP contribution >= 0.6 is 0 Å². The summed E-state index contributed by atoms with van der Waals surface area (Å²) in [4.78, 5) is 14.8. The van der Waals surface area contributed by atoms with Crippen LogP contribution in [0.1, 0.15) is 22.7 Å². The lowest BCUT2D eigenvalue weighted by atomic mass is 10.2. The Hall–Kier alpha value is -1.90. The highest BCUT2D eigenvalue weighted by molar-refractivity contribution is 5.83. The lowest BCUT2D eigenvalue weighted by Crippen LogP contribution is -1.81. The molecule has 1 aromatic heterocycles. The second-order valence-electron chi connectivity index (χ2n) is 3.28. The molecule has 0 saturated heterocycles. The predicted molar refractivity (Wildman–Crippen MR) is 57.9 cm³/mol. The number of nitrogens with zero attached hydrogens (tertiary/aromatic N) is 1. The number of benzene rings is 1. The maximum atomic E-state index is 10.6. The zero-order valence-corrected chi connectivity index (χ0v) is 8.27. The number of aryl methyl sites for hydroxylation is 1. The van der Waals surface area contributed by atoms with E-state index in [0.717, 1.165) is 30.2 Å². The number of hydrogen-bond acceptors (Lipinski definition) is 3. The zero-order valence-electron chi connectivity index (χ0n) is 8.27. The van der Waals surface area contributed by atoms with Gasteiger partial charge in [-0.25, -0.2) is 4.98 Å². The Morgan fingerprint density at radius 2 is 2.33 bits per heavy atom. The van der Waals surface area contributed by atoms with Gasteiger partial charge in [0.25, 0.3) is 0 Å². The van der Waals surface area contributed by atoms with Gasteiger partial charge in [0.15, 0.2) is 11.5 Å². The minimum atomic E-state index is 0.617. The third-order valence-electron chi connectivity index (χ3n) is 2.15. The van der Waals surface area contributed by atoms with Crippen molar-refractivity contribution in [3.8, 4) is 0 Å². The van der Waals surface area contributed by atoms with Crippen molar-refractivity contribution < 1.29 is 9.21 Å². The zero-order chi connectivity index (χ0) is 10.7. The van der Waals surface area contributed by atoms with Crippen LogP contribution in [0, 0.1) is 0 Å². The van der Waals surface area contributed by atoms with Gasteiger partial charge >= 0.3 is 0 Å². The Balaban J connectivity index is 2.37. The lowest BCUT2D eigenvalue weighted by molar-refractivity contribution is 0.112. The van der Waals surface area contributed by atoms with E-state index in [-0.39, 0.29) is 0 Å². The molecule has 1 aromatic carbocycles. The highest BCUT2D eigenvalue weighted by Gasteiger charge is 2.05. The first kappa shape index (κ1) is 9.65. The molecule has 76 valence electrons. The lowest BCUT2D eigenvalue weighted by Gasteiger charge is -1.87. The van der Waals surface area contributed by atoms with E-state index in [2.05, 4.69) is 11.6 Å². The van der Waals surface area contributed by atoms with Gasteiger partial charge in [-0.3, -0.25) is 4.79 Å². The van der Waals surface area contributed by atoms with Crippen LogP contribution in [0.4, 0.5) is 0 Å². The molecule has 0 fully saturated rings. The number of carbonyl (C=O) groups is 1. The summed E-state index contributed by atoms with van der Waals surface area (Å²) in [5.74, 6) is 0.688. The monoisotopic (exact) mass is 201 g/mol. The molecule has 0 unspecified atom stereocenters. The van der Waals surface area contributed by atoms with Crippen LogP contribution in [0.25, 0.3) is 11.1 Å². The molecular formula is C12H11NO2. The number of carbonyl (C=O) groups excluding carboxylic acids is 1. The molecule has 3 heteroatoms. The molecule has 0 bridgehead atoms. The first-order chi connectivity index (χ1) is 7.33. The van der Waals surface area contributed by atoms with E-state index >= 15 is 0 Å². The number of rotatable bonds is 4. The van der Waals surface area contributed by atoms with E-state index in [4.69, 9.17) is 4.42 Å². The van der Waals surface area contributed by atoms with Crippen LogP contribution in [0.15, 0.2) is 35.3 Å². The van der Waals surface area contributed by atoms with Gasteiger partial charge in [0.1, 0.15) is 11.8 Å². The van der Waals surface area contributed by atoms with Crippen molar-refractivity contribution in [2.45, 2.75) is 12.8 Å². The maximum absolute atomic E-state index is 10.6. The number of aldehydes is 1. The molecule has 1 heterocycles. The number of oxazole rings is 1. The van der Waals surface area contributed by atoms with Crippen molar-refractivity contribution >= 4 is 17.4 Å². The second-order valence-corrected chi connectivity index (χ2v) is 3.28. The molecule has 0 atom stereocenters. The van der Waals surface area contributed by atoms with Crippen molar-refractivity contribution in [3.63, 3.8) is 0 Å². The summed E-state index contributed by atoms with van der Waals surface area (Å²) in [6.07, 6.45) is 4.21. The molecule has 2 rings (SSSR count). The van der Waals surface area contributed by atoms with Gasteiger partial charge in [0, 0.05) is 12.0 Å². The van der Waals surface area contributed by atoms with Crippen molar-refractivity contribution in [2.24, 2.45) is 0 Å². The summed E-state index contributed by atoms with van der Waals surface area (Å²) in [5.41, 5.74) is 2.07. The summed E-state index contributed by atoms with van der Waals surface area (Å²) >= 11 is 0. The molecule has 0 amide bonds. The van der Waals surface area contributed by atoms with Gasteiger partial charge in [-0.15, -0.1) is 6.58 Å². The fourth-order valence-electron chi connectivity index (χ4n) is 1.40. The van der Waals surface area contributed by atoms with Crippen LogP contribution in [0.3, 0.4) is 0 Å². The normalized spacial score (nSPS) is 10.4. The SMILES string of the molecule is C=CCCc1nc2cc(C=O)ccc2o1. The van der Waals surface area contributed by atoms with Crippen LogP contribution < -0.4 is 0 Å². The number of fused-ring (bicyclic) bond motifs is 1. The summed E-state index contributed by atoms with van der Waals surface area (Å²) in [6, 6.07) is 5.21. The first-order valence-electron chi connectivity index (χ1n) is 4.79. The van der Waals surface area contributed by atoms with Crippen molar-refractivity contribution in [3.05, 3.63) is 42.3 Å². The van der Waals surface area contributed by atoms with Crippen molar-refractivity contribution in [2.75, 3.05) is 0 Å². The highest BCUT2D eigenvalue weighted by atomic mass is 16.3. The highest BCUT2D eigenvalue weighted by Crippen LogP contribution is 2.17. The number of hydrogen-bond donors (Lipinski definition) is 0. The summed E-state index contributed by atoms with van der Waals surface area (Å²) in [7, 11) is 0. The van der Waals surface area contributed by atoms with Gasteiger partial charge in [0.2, 0.25) is 0 Å². The molecular weight excluding hydrogens is 190 g/mol. The standard InChI is InChI=1S/C12H11NO2/c1-2-3-4-12-13-10-7-9(8-14)5-6-11(10)15-12/h2,5-8H,1,3-4H2. The van der Waals surface area contributed by atoms with Gasteiger partial charge in [0.05, 0.1) is 0 Å². The van der Waals surface area contributed by atoms with E-state index < -0.39 is 0 Å². The Morgan fingerprint density at radius 3 is 3.07 bits per heavy atom. The molecule has 0 spiro atoms. The fourth-order valence-corrected chi connectivity index (χ4v) is 1.40. The molecule has 3 nitrogen and oxygen atoms in total. The smallest absolute Gasteiger partial charge is 0.195 e. The van der Waals surface area contributed by atoms with E-state index in [1.165, 1.54) is 0 Å². The Kier molecular flexibility index (Phi) is 2.63. The molecule has 15 heavy (non-hydrogen) atoms. The molecule has 0 N–H and O–H groups in total. The number of allylic oxidation sites excluding steroid dienone is 1. The van der Waals surface area contributed by atoms with E-state index in [9.17, 15) is 4.79 Å². The topological polar surface area (TPSA) is 43.1 Å². The van der Waals surface area contributed by atoms with Crippen LogP contribution in [0.2, 0.25) is 0 Å². The van der Waals surface area contributed by atoms with Crippen LogP contribution in [-0.4, -0.2) is 11.3 Å². The average molecular weight is 201 g/mol. The van der Waals surface area contributed by atoms with Gasteiger partial charge in [-0.1, -0.05) is 6.08 Å². The van der Waals surface area contributed by atoms with Gasteiger partial charge < -0.3 is 4.42 Å². The Labute approximate surface area is 87.4 Å². The summed E-state index contributed by atoms with van der Waals surface area (Å²) in [6.45, 7) is 3.64. The Bertz CT molecular complexity index is 499. The minimum Gasteiger partial charge on any atom is -0.441 e. The van der Waals surface area contributed by atoms with E-state index in [1.54, 1.807) is 18.2 Å². The number of aromatic nitrogens is 1. The van der Waals surface area contributed by atoms with Crippen molar-refractivity contribution in [1.29, 1.82) is 0 Å². The molecule has 0 saturated carbocycles.